The van der Waals surface area contributed by atoms with Crippen LogP contribution in [0.2, 0.25) is 0 Å². The zero-order valence-corrected chi connectivity index (χ0v) is 15.4. The topological polar surface area (TPSA) is 118 Å². The number of non-ortho nitro benzene ring substituents is 1. The van der Waals surface area contributed by atoms with Crippen LogP contribution in [0.5, 0.6) is 0 Å². The third-order valence-electron chi connectivity index (χ3n) is 4.42. The summed E-state index contributed by atoms with van der Waals surface area (Å²) in [6.07, 6.45) is 1.65. The fourth-order valence-corrected chi connectivity index (χ4v) is 2.94. The summed E-state index contributed by atoms with van der Waals surface area (Å²) in [7, 11) is 0. The summed E-state index contributed by atoms with van der Waals surface area (Å²) in [4.78, 5) is 30.8. The number of nitrogens with zero attached hydrogens (tertiary/aromatic N) is 5. The van der Waals surface area contributed by atoms with Gasteiger partial charge in [0.15, 0.2) is 0 Å². The first-order valence-corrected chi connectivity index (χ1v) is 8.95. The van der Waals surface area contributed by atoms with Crippen LogP contribution >= 0.6 is 0 Å². The second-order valence-electron chi connectivity index (χ2n) is 6.46. The first kappa shape index (κ1) is 19.6. The van der Waals surface area contributed by atoms with Crippen LogP contribution in [-0.4, -0.2) is 70.0 Å². The number of nitro benzene ring substituents is 1. The molecule has 0 saturated carbocycles. The van der Waals surface area contributed by atoms with Crippen molar-refractivity contribution in [1.29, 1.82) is 0 Å². The number of nitro groups is 1. The second-order valence-corrected chi connectivity index (χ2v) is 6.46. The molecule has 1 N–H and O–H groups in total. The lowest BCUT2D eigenvalue weighted by Gasteiger charge is -2.33. The number of amides is 1. The molecule has 3 rings (SSSR count). The Labute approximate surface area is 162 Å². The van der Waals surface area contributed by atoms with Crippen molar-refractivity contribution in [3.05, 3.63) is 52.9 Å². The Balaban J connectivity index is 1.51. The molecule has 28 heavy (non-hydrogen) atoms. The Morgan fingerprint density at radius 1 is 1.32 bits per heavy atom. The van der Waals surface area contributed by atoms with Gasteiger partial charge in [-0.05, 0) is 0 Å². The van der Waals surface area contributed by atoms with Crippen molar-refractivity contribution in [2.75, 3.05) is 39.3 Å². The third kappa shape index (κ3) is 5.21. The van der Waals surface area contributed by atoms with Crippen LogP contribution in [0.15, 0.2) is 41.4 Å². The number of rotatable bonds is 8. The van der Waals surface area contributed by atoms with Gasteiger partial charge in [-0.1, -0.05) is 23.4 Å². The first-order chi connectivity index (χ1) is 13.5. The largest absolute Gasteiger partial charge is 0.352 e. The van der Waals surface area contributed by atoms with E-state index in [1.54, 1.807) is 18.2 Å². The smallest absolute Gasteiger partial charge is 0.270 e. The zero-order chi connectivity index (χ0) is 19.9. The van der Waals surface area contributed by atoms with Crippen molar-refractivity contribution in [2.45, 2.75) is 6.54 Å². The maximum atomic E-state index is 11.8. The maximum Gasteiger partial charge on any atom is 0.270 e. The van der Waals surface area contributed by atoms with E-state index in [1.165, 1.54) is 12.1 Å². The molecule has 2 aromatic rings. The van der Waals surface area contributed by atoms with Crippen molar-refractivity contribution in [1.82, 2.24) is 25.3 Å². The highest BCUT2D eigenvalue weighted by Gasteiger charge is 2.21. The summed E-state index contributed by atoms with van der Waals surface area (Å²) in [6.45, 7) is 8.03. The summed E-state index contributed by atoms with van der Waals surface area (Å²) in [5, 5.41) is 17.6. The van der Waals surface area contributed by atoms with E-state index in [-0.39, 0.29) is 11.6 Å². The number of hydrogen-bond donors (Lipinski definition) is 1. The van der Waals surface area contributed by atoms with Crippen LogP contribution in [0.4, 0.5) is 5.69 Å². The van der Waals surface area contributed by atoms with Crippen LogP contribution in [0.3, 0.4) is 0 Å². The number of carbonyl (C=O) groups excluding carboxylic acids is 1. The van der Waals surface area contributed by atoms with Crippen molar-refractivity contribution in [2.24, 2.45) is 0 Å². The summed E-state index contributed by atoms with van der Waals surface area (Å²) < 4.78 is 5.30. The lowest BCUT2D eigenvalue weighted by molar-refractivity contribution is -0.384. The summed E-state index contributed by atoms with van der Waals surface area (Å²) in [5.41, 5.74) is 0.525. The predicted molar refractivity (Wildman–Crippen MR) is 101 cm³/mol. The van der Waals surface area contributed by atoms with Gasteiger partial charge in [0.2, 0.25) is 17.6 Å². The average Bonchev–Trinajstić information content (AvgIpc) is 3.16. The summed E-state index contributed by atoms with van der Waals surface area (Å²) in [6, 6.07) is 6.14. The van der Waals surface area contributed by atoms with Gasteiger partial charge < -0.3 is 9.84 Å². The molecule has 10 heteroatoms. The average molecular weight is 386 g/mol. The molecule has 0 bridgehead atoms. The number of benzene rings is 1. The van der Waals surface area contributed by atoms with Gasteiger partial charge in [0.1, 0.15) is 0 Å². The van der Waals surface area contributed by atoms with Gasteiger partial charge in [-0.2, -0.15) is 4.98 Å². The number of nitrogens with one attached hydrogen (secondary N) is 1. The second kappa shape index (κ2) is 9.20. The Morgan fingerprint density at radius 3 is 2.79 bits per heavy atom. The molecular formula is C18H22N6O4. The van der Waals surface area contributed by atoms with E-state index in [2.05, 4.69) is 31.8 Å². The van der Waals surface area contributed by atoms with Gasteiger partial charge in [-0.25, -0.2) is 0 Å². The van der Waals surface area contributed by atoms with Crippen LogP contribution in [-0.2, 0) is 11.3 Å². The van der Waals surface area contributed by atoms with Crippen molar-refractivity contribution >= 4 is 11.6 Å². The van der Waals surface area contributed by atoms with Gasteiger partial charge >= 0.3 is 0 Å². The minimum absolute atomic E-state index is 0.00755. The quantitative estimate of drug-likeness (QED) is 0.407. The van der Waals surface area contributed by atoms with Gasteiger partial charge in [-0.3, -0.25) is 24.7 Å². The van der Waals surface area contributed by atoms with Gasteiger partial charge in [0, 0.05) is 50.4 Å². The highest BCUT2D eigenvalue weighted by Crippen LogP contribution is 2.21. The Morgan fingerprint density at radius 2 is 2.07 bits per heavy atom. The maximum absolute atomic E-state index is 11.8. The molecule has 1 saturated heterocycles. The van der Waals surface area contributed by atoms with Crippen LogP contribution in [0, 0.1) is 10.1 Å². The molecule has 0 unspecified atom stereocenters. The Kier molecular flexibility index (Phi) is 6.45. The summed E-state index contributed by atoms with van der Waals surface area (Å²) >= 11 is 0. The van der Waals surface area contributed by atoms with E-state index in [4.69, 9.17) is 4.52 Å². The molecule has 1 fully saturated rings. The van der Waals surface area contributed by atoms with E-state index in [1.807, 2.05) is 0 Å². The first-order valence-electron chi connectivity index (χ1n) is 8.95. The Bertz CT molecular complexity index is 844. The van der Waals surface area contributed by atoms with Gasteiger partial charge in [0.25, 0.3) is 5.69 Å². The highest BCUT2D eigenvalue weighted by atomic mass is 16.6. The van der Waals surface area contributed by atoms with E-state index in [9.17, 15) is 14.9 Å². The lowest BCUT2D eigenvalue weighted by Crippen LogP contribution is -2.49. The molecule has 2 heterocycles. The van der Waals surface area contributed by atoms with Crippen LogP contribution in [0.1, 0.15) is 5.89 Å². The molecule has 1 amide bonds. The molecule has 0 atom stereocenters. The molecule has 0 aliphatic carbocycles. The number of hydrogen-bond acceptors (Lipinski definition) is 8. The normalized spacial score (nSPS) is 15.3. The SMILES string of the molecule is C=CCNC(=O)CN1CCN(Cc2nc(-c3cccc([N+](=O)[O-])c3)no2)CC1. The fourth-order valence-electron chi connectivity index (χ4n) is 2.94. The molecule has 1 aliphatic rings. The van der Waals surface area contributed by atoms with Gasteiger partial charge in [-0.15, -0.1) is 6.58 Å². The standard InChI is InChI=1S/C18H22N6O4/c1-2-6-19-16(25)12-22-7-9-23(10-8-22)13-17-20-18(21-28-17)14-4-3-5-15(11-14)24(26)27/h2-5,11H,1,6-10,12-13H2,(H,19,25). The molecule has 1 aromatic heterocycles. The monoisotopic (exact) mass is 386 g/mol. The van der Waals surface area contributed by atoms with Crippen LogP contribution < -0.4 is 5.32 Å². The van der Waals surface area contributed by atoms with E-state index < -0.39 is 4.92 Å². The third-order valence-corrected chi connectivity index (χ3v) is 4.42. The molecule has 1 aromatic carbocycles. The number of aromatic nitrogens is 2. The van der Waals surface area contributed by atoms with Crippen molar-refractivity contribution in [3.8, 4) is 11.4 Å². The number of carbonyl (C=O) groups is 1. The van der Waals surface area contributed by atoms with E-state index in [0.29, 0.717) is 36.9 Å². The molecule has 10 nitrogen and oxygen atoms in total. The van der Waals surface area contributed by atoms with E-state index in [0.717, 1.165) is 26.2 Å². The lowest BCUT2D eigenvalue weighted by atomic mass is 10.2. The minimum atomic E-state index is -0.457. The van der Waals surface area contributed by atoms with E-state index >= 15 is 0 Å². The molecular weight excluding hydrogens is 364 g/mol. The predicted octanol–water partition coefficient (Wildman–Crippen LogP) is 1.06. The van der Waals surface area contributed by atoms with Gasteiger partial charge in [0.05, 0.1) is 18.0 Å². The molecule has 0 radical (unpaired) electrons. The van der Waals surface area contributed by atoms with Crippen LogP contribution in [0.25, 0.3) is 11.4 Å². The minimum Gasteiger partial charge on any atom is -0.352 e. The summed E-state index contributed by atoms with van der Waals surface area (Å²) in [5.74, 6) is 0.779. The van der Waals surface area contributed by atoms with Crippen molar-refractivity contribution in [3.63, 3.8) is 0 Å². The highest BCUT2D eigenvalue weighted by molar-refractivity contribution is 5.78. The van der Waals surface area contributed by atoms with Crippen molar-refractivity contribution < 1.29 is 14.2 Å². The zero-order valence-electron chi connectivity index (χ0n) is 15.4. The Hall–Kier alpha value is -3.11. The molecule has 1 aliphatic heterocycles. The molecule has 148 valence electrons. The fraction of sp³-hybridized carbons (Fsp3) is 0.389. The molecule has 0 spiro atoms. The number of piperazine rings is 1.